The molecule has 5 nitrogen and oxygen atoms in total. The molecule has 0 saturated carbocycles. The van der Waals surface area contributed by atoms with Gasteiger partial charge in [-0.05, 0) is 30.7 Å². The summed E-state index contributed by atoms with van der Waals surface area (Å²) in [6.45, 7) is 4.76. The quantitative estimate of drug-likeness (QED) is 0.580. The molecule has 0 spiro atoms. The minimum Gasteiger partial charge on any atom is -0.497 e. The second-order valence-electron chi connectivity index (χ2n) is 4.80. The molecular formula is C16H27NO4. The molecule has 0 bridgehead atoms. The van der Waals surface area contributed by atoms with E-state index in [-0.39, 0.29) is 0 Å². The monoisotopic (exact) mass is 297 g/mol. The number of rotatable bonds is 12. The van der Waals surface area contributed by atoms with Crippen molar-refractivity contribution in [3.63, 3.8) is 0 Å². The summed E-state index contributed by atoms with van der Waals surface area (Å²) in [5.74, 6) is 0.813. The van der Waals surface area contributed by atoms with E-state index in [4.69, 9.17) is 14.2 Å². The molecule has 0 radical (unpaired) electrons. The Kier molecular flexibility index (Phi) is 9.61. The number of aliphatic hydroxyl groups is 1. The van der Waals surface area contributed by atoms with Gasteiger partial charge in [-0.15, -0.1) is 0 Å². The van der Waals surface area contributed by atoms with E-state index in [9.17, 15) is 5.11 Å². The predicted molar refractivity (Wildman–Crippen MR) is 84.0 cm³/mol. The number of hydrogen-bond donors (Lipinski definition) is 2. The van der Waals surface area contributed by atoms with Crippen LogP contribution < -0.4 is 10.1 Å². The minimum absolute atomic E-state index is 0.306. The first-order chi connectivity index (χ1) is 10.3. The van der Waals surface area contributed by atoms with E-state index in [0.29, 0.717) is 26.4 Å². The molecule has 1 rings (SSSR count). The minimum atomic E-state index is -0.539. The number of aliphatic hydroxyl groups excluding tert-OH is 1. The third-order valence-electron chi connectivity index (χ3n) is 2.96. The van der Waals surface area contributed by atoms with Gasteiger partial charge in [-0.2, -0.15) is 0 Å². The molecule has 0 fully saturated rings. The van der Waals surface area contributed by atoms with Crippen molar-refractivity contribution in [3.05, 3.63) is 24.3 Å². The van der Waals surface area contributed by atoms with E-state index >= 15 is 0 Å². The maximum Gasteiger partial charge on any atom is 0.119 e. The van der Waals surface area contributed by atoms with Crippen LogP contribution in [0.2, 0.25) is 0 Å². The normalized spacial score (nSPS) is 12.1. The molecule has 0 aliphatic rings. The Morgan fingerprint density at radius 2 is 1.81 bits per heavy atom. The molecule has 0 aliphatic heterocycles. The summed E-state index contributed by atoms with van der Waals surface area (Å²) in [4.78, 5) is 0. The number of hydrogen-bond acceptors (Lipinski definition) is 5. The summed E-state index contributed by atoms with van der Waals surface area (Å²) in [6, 6.07) is 7.57. The molecule has 0 aliphatic carbocycles. The molecule has 0 saturated heterocycles. The average Bonchev–Trinajstić information content (AvgIpc) is 2.52. The van der Waals surface area contributed by atoms with Gasteiger partial charge in [0.2, 0.25) is 0 Å². The molecule has 5 heteroatoms. The van der Waals surface area contributed by atoms with Gasteiger partial charge in [0.15, 0.2) is 0 Å². The van der Waals surface area contributed by atoms with Crippen molar-refractivity contribution in [2.24, 2.45) is 0 Å². The van der Waals surface area contributed by atoms with E-state index in [1.54, 1.807) is 7.11 Å². The van der Waals surface area contributed by atoms with Crippen LogP contribution in [0, 0.1) is 0 Å². The lowest BCUT2D eigenvalue weighted by Gasteiger charge is -2.13. The summed E-state index contributed by atoms with van der Waals surface area (Å²) in [6.07, 6.45) is 1.67. The molecule has 0 amide bonds. The highest BCUT2D eigenvalue weighted by Gasteiger charge is 2.04. The maximum absolute atomic E-state index is 9.80. The highest BCUT2D eigenvalue weighted by molar-refractivity contribution is 5.46. The molecule has 1 aromatic rings. The highest BCUT2D eigenvalue weighted by Crippen LogP contribution is 2.14. The van der Waals surface area contributed by atoms with Crippen molar-refractivity contribution >= 4 is 5.69 Å². The average molecular weight is 297 g/mol. The number of methoxy groups -OCH3 is 1. The lowest BCUT2D eigenvalue weighted by atomic mass is 10.3. The molecule has 2 N–H and O–H groups in total. The van der Waals surface area contributed by atoms with E-state index < -0.39 is 6.10 Å². The van der Waals surface area contributed by atoms with Crippen LogP contribution in [-0.4, -0.2) is 51.3 Å². The summed E-state index contributed by atoms with van der Waals surface area (Å²) >= 11 is 0. The lowest BCUT2D eigenvalue weighted by molar-refractivity contribution is 0.00749. The summed E-state index contributed by atoms with van der Waals surface area (Å²) in [5.41, 5.74) is 0.942. The fourth-order valence-corrected chi connectivity index (χ4v) is 1.69. The Bertz CT molecular complexity index is 356. The van der Waals surface area contributed by atoms with Crippen LogP contribution in [0.5, 0.6) is 5.75 Å². The van der Waals surface area contributed by atoms with Crippen molar-refractivity contribution in [3.8, 4) is 5.75 Å². The van der Waals surface area contributed by atoms with Crippen molar-refractivity contribution in [1.29, 1.82) is 0 Å². The molecule has 21 heavy (non-hydrogen) atoms. The first-order valence-corrected chi connectivity index (χ1v) is 7.47. The Balaban J connectivity index is 2.03. The van der Waals surface area contributed by atoms with Gasteiger partial charge in [0.25, 0.3) is 0 Å². The van der Waals surface area contributed by atoms with Gasteiger partial charge in [-0.1, -0.05) is 13.3 Å². The highest BCUT2D eigenvalue weighted by atomic mass is 16.5. The van der Waals surface area contributed by atoms with Gasteiger partial charge in [0.1, 0.15) is 5.75 Å². The number of nitrogens with one attached hydrogen (secondary N) is 1. The summed E-state index contributed by atoms with van der Waals surface area (Å²) in [7, 11) is 1.63. The molecule has 1 atom stereocenters. The van der Waals surface area contributed by atoms with E-state index in [2.05, 4.69) is 12.2 Å². The SMILES string of the molecule is CCCCOCCOCC(O)CNc1ccc(OC)cc1. The van der Waals surface area contributed by atoms with Crippen molar-refractivity contribution in [1.82, 2.24) is 0 Å². The summed E-state index contributed by atoms with van der Waals surface area (Å²) in [5, 5.41) is 12.9. The largest absolute Gasteiger partial charge is 0.497 e. The van der Waals surface area contributed by atoms with Crippen LogP contribution in [-0.2, 0) is 9.47 Å². The summed E-state index contributed by atoms with van der Waals surface area (Å²) < 4.78 is 15.8. The van der Waals surface area contributed by atoms with Crippen LogP contribution in [0.1, 0.15) is 19.8 Å². The molecular weight excluding hydrogens is 270 g/mol. The van der Waals surface area contributed by atoms with E-state index in [1.165, 1.54) is 0 Å². The Morgan fingerprint density at radius 1 is 1.10 bits per heavy atom. The zero-order valence-electron chi connectivity index (χ0n) is 13.0. The third-order valence-corrected chi connectivity index (χ3v) is 2.96. The van der Waals surface area contributed by atoms with Crippen LogP contribution >= 0.6 is 0 Å². The van der Waals surface area contributed by atoms with Crippen LogP contribution in [0.15, 0.2) is 24.3 Å². The first-order valence-electron chi connectivity index (χ1n) is 7.47. The zero-order valence-corrected chi connectivity index (χ0v) is 13.0. The Morgan fingerprint density at radius 3 is 2.48 bits per heavy atom. The number of ether oxygens (including phenoxy) is 3. The number of anilines is 1. The maximum atomic E-state index is 9.80. The smallest absolute Gasteiger partial charge is 0.119 e. The topological polar surface area (TPSA) is 60.0 Å². The molecule has 1 unspecified atom stereocenters. The predicted octanol–water partition coefficient (Wildman–Crippen LogP) is 2.30. The molecule has 120 valence electrons. The van der Waals surface area contributed by atoms with Crippen molar-refractivity contribution in [2.75, 3.05) is 45.4 Å². The van der Waals surface area contributed by atoms with Crippen molar-refractivity contribution in [2.45, 2.75) is 25.9 Å². The lowest BCUT2D eigenvalue weighted by Crippen LogP contribution is -2.25. The van der Waals surface area contributed by atoms with Gasteiger partial charge in [-0.3, -0.25) is 0 Å². The van der Waals surface area contributed by atoms with Gasteiger partial charge in [0.05, 0.1) is 33.0 Å². The molecule has 1 aromatic carbocycles. The number of benzene rings is 1. The second kappa shape index (κ2) is 11.4. The van der Waals surface area contributed by atoms with Gasteiger partial charge in [-0.25, -0.2) is 0 Å². The molecule has 0 heterocycles. The Labute approximate surface area is 127 Å². The van der Waals surface area contributed by atoms with Gasteiger partial charge >= 0.3 is 0 Å². The number of unbranched alkanes of at least 4 members (excludes halogenated alkanes) is 1. The fraction of sp³-hybridized carbons (Fsp3) is 0.625. The third kappa shape index (κ3) is 8.55. The second-order valence-corrected chi connectivity index (χ2v) is 4.80. The van der Waals surface area contributed by atoms with E-state index in [0.717, 1.165) is 30.9 Å². The van der Waals surface area contributed by atoms with Crippen LogP contribution in [0.25, 0.3) is 0 Å². The van der Waals surface area contributed by atoms with Crippen LogP contribution in [0.4, 0.5) is 5.69 Å². The van der Waals surface area contributed by atoms with Gasteiger partial charge < -0.3 is 24.6 Å². The first kappa shape index (κ1) is 17.8. The fourth-order valence-electron chi connectivity index (χ4n) is 1.69. The van der Waals surface area contributed by atoms with Crippen molar-refractivity contribution < 1.29 is 19.3 Å². The van der Waals surface area contributed by atoms with E-state index in [1.807, 2.05) is 24.3 Å². The van der Waals surface area contributed by atoms with Gasteiger partial charge in [0, 0.05) is 18.8 Å². The zero-order chi connectivity index (χ0) is 15.3. The van der Waals surface area contributed by atoms with Crippen LogP contribution in [0.3, 0.4) is 0 Å². The standard InChI is InChI=1S/C16H27NO4/c1-3-4-9-20-10-11-21-13-15(18)12-17-14-5-7-16(19-2)8-6-14/h5-8,15,17-18H,3-4,9-13H2,1-2H3. The molecule has 0 aromatic heterocycles. The Hall–Kier alpha value is -1.30.